The molecule has 0 aliphatic heterocycles. The van der Waals surface area contributed by atoms with Crippen molar-refractivity contribution in [1.82, 2.24) is 4.98 Å². The number of thiophene rings is 1. The number of anilines is 2. The van der Waals surface area contributed by atoms with Crippen molar-refractivity contribution in [2.45, 2.75) is 6.61 Å². The molecule has 0 radical (unpaired) electrons. The van der Waals surface area contributed by atoms with E-state index < -0.39 is 0 Å². The van der Waals surface area contributed by atoms with Crippen molar-refractivity contribution in [2.75, 3.05) is 17.7 Å². The van der Waals surface area contributed by atoms with E-state index in [0.29, 0.717) is 44.9 Å². The zero-order valence-electron chi connectivity index (χ0n) is 18.1. The van der Waals surface area contributed by atoms with E-state index in [1.54, 1.807) is 62.0 Å². The van der Waals surface area contributed by atoms with Crippen molar-refractivity contribution in [3.8, 4) is 11.5 Å². The second-order valence-electron chi connectivity index (χ2n) is 7.10. The molecule has 2 N–H and O–H groups in total. The summed E-state index contributed by atoms with van der Waals surface area (Å²) < 4.78 is 11.2. The molecule has 7 nitrogen and oxygen atoms in total. The van der Waals surface area contributed by atoms with Crippen LogP contribution in [-0.4, -0.2) is 23.9 Å². The van der Waals surface area contributed by atoms with Gasteiger partial charge in [-0.05, 0) is 47.8 Å². The summed E-state index contributed by atoms with van der Waals surface area (Å²) in [7, 11) is 1.55. The number of hydrogen-bond acceptors (Lipinski definition) is 6. The molecular weight excluding hydrogens is 474 g/mol. The second-order valence-corrected chi connectivity index (χ2v) is 8.45. The molecule has 4 aromatic rings. The van der Waals surface area contributed by atoms with Crippen molar-refractivity contribution in [2.24, 2.45) is 0 Å². The number of benzene rings is 2. The molecule has 2 aromatic heterocycles. The average Bonchev–Trinajstić information content (AvgIpc) is 3.40. The number of carbonyl (C=O) groups is 2. The maximum atomic E-state index is 12.9. The van der Waals surface area contributed by atoms with Crippen molar-refractivity contribution in [3.05, 3.63) is 99.5 Å². The molecule has 0 aliphatic rings. The van der Waals surface area contributed by atoms with Gasteiger partial charge in [0.1, 0.15) is 6.61 Å². The Morgan fingerprint density at radius 1 is 1.00 bits per heavy atom. The number of pyridine rings is 1. The zero-order chi connectivity index (χ0) is 23.9. The van der Waals surface area contributed by atoms with Crippen molar-refractivity contribution in [1.29, 1.82) is 0 Å². The summed E-state index contributed by atoms with van der Waals surface area (Å²) in [6.07, 6.45) is 3.41. The van der Waals surface area contributed by atoms with Crippen LogP contribution in [0.4, 0.5) is 11.4 Å². The van der Waals surface area contributed by atoms with Crippen molar-refractivity contribution >= 4 is 46.1 Å². The summed E-state index contributed by atoms with van der Waals surface area (Å²) in [5.41, 5.74) is 2.10. The van der Waals surface area contributed by atoms with Crippen LogP contribution in [0.5, 0.6) is 11.5 Å². The summed E-state index contributed by atoms with van der Waals surface area (Å²) in [6, 6.07) is 17.0. The number of ether oxygens (including phenoxy) is 2. The molecule has 34 heavy (non-hydrogen) atoms. The number of amides is 2. The number of nitrogens with one attached hydrogen (secondary N) is 2. The first-order chi connectivity index (χ1) is 16.5. The van der Waals surface area contributed by atoms with Gasteiger partial charge >= 0.3 is 0 Å². The number of aromatic nitrogens is 1. The Kier molecular flexibility index (Phi) is 7.41. The lowest BCUT2D eigenvalue weighted by molar-refractivity contribution is 0.101. The minimum absolute atomic E-state index is 0.292. The van der Waals surface area contributed by atoms with E-state index in [2.05, 4.69) is 15.6 Å². The number of halogens is 1. The fourth-order valence-electron chi connectivity index (χ4n) is 3.07. The third-order valence-electron chi connectivity index (χ3n) is 4.76. The lowest BCUT2D eigenvalue weighted by atomic mass is 10.1. The van der Waals surface area contributed by atoms with Crippen LogP contribution >= 0.6 is 22.9 Å². The Balaban J connectivity index is 1.48. The van der Waals surface area contributed by atoms with Crippen LogP contribution in [0, 0.1) is 0 Å². The monoisotopic (exact) mass is 493 g/mol. The molecule has 0 unspecified atom stereocenters. The van der Waals surface area contributed by atoms with Crippen LogP contribution < -0.4 is 20.1 Å². The summed E-state index contributed by atoms with van der Waals surface area (Å²) in [4.78, 5) is 29.9. The van der Waals surface area contributed by atoms with Crippen LogP contribution in [0.25, 0.3) is 0 Å². The number of nitrogens with zero attached hydrogens (tertiary/aromatic N) is 1. The predicted octanol–water partition coefficient (Wildman–Crippen LogP) is 5.89. The molecule has 2 heterocycles. The highest BCUT2D eigenvalue weighted by molar-refractivity contribution is 7.12. The molecule has 0 saturated heterocycles. The number of methoxy groups -OCH3 is 1. The van der Waals surface area contributed by atoms with E-state index in [-0.39, 0.29) is 11.8 Å². The van der Waals surface area contributed by atoms with Gasteiger partial charge < -0.3 is 20.1 Å². The van der Waals surface area contributed by atoms with Crippen LogP contribution in [-0.2, 0) is 6.61 Å². The van der Waals surface area contributed by atoms with Crippen molar-refractivity contribution in [3.63, 3.8) is 0 Å². The molecular formula is C25H20ClN3O4S. The molecule has 0 spiro atoms. The molecule has 4 rings (SSSR count). The van der Waals surface area contributed by atoms with E-state index in [1.807, 2.05) is 17.5 Å². The van der Waals surface area contributed by atoms with Gasteiger partial charge in [0, 0.05) is 35.3 Å². The molecule has 2 aromatic carbocycles. The van der Waals surface area contributed by atoms with Crippen molar-refractivity contribution < 1.29 is 19.1 Å². The van der Waals surface area contributed by atoms with Gasteiger partial charge in [0.05, 0.1) is 22.7 Å². The van der Waals surface area contributed by atoms with Gasteiger partial charge in [-0.3, -0.25) is 14.6 Å². The first kappa shape index (κ1) is 23.3. The molecule has 0 atom stereocenters. The van der Waals surface area contributed by atoms with E-state index >= 15 is 0 Å². The van der Waals surface area contributed by atoms with Crippen LogP contribution in [0.15, 0.2) is 78.4 Å². The average molecular weight is 494 g/mol. The van der Waals surface area contributed by atoms with Gasteiger partial charge in [0.2, 0.25) is 0 Å². The van der Waals surface area contributed by atoms with Gasteiger partial charge in [-0.2, -0.15) is 0 Å². The summed E-state index contributed by atoms with van der Waals surface area (Å²) in [5.74, 6) is 0.350. The molecule has 0 aliphatic carbocycles. The van der Waals surface area contributed by atoms with Crippen LogP contribution in [0.1, 0.15) is 25.6 Å². The van der Waals surface area contributed by atoms with E-state index in [4.69, 9.17) is 21.1 Å². The summed E-state index contributed by atoms with van der Waals surface area (Å²) >= 11 is 7.54. The number of rotatable bonds is 8. The minimum Gasteiger partial charge on any atom is -0.493 e. The quantitative estimate of drug-likeness (QED) is 0.319. The Bertz CT molecular complexity index is 1300. The Morgan fingerprint density at radius 2 is 1.88 bits per heavy atom. The molecule has 172 valence electrons. The normalized spacial score (nSPS) is 10.4. The van der Waals surface area contributed by atoms with Crippen LogP contribution in [0.2, 0.25) is 5.02 Å². The smallest absolute Gasteiger partial charge is 0.265 e. The molecule has 2 amide bonds. The highest BCUT2D eigenvalue weighted by Gasteiger charge is 2.14. The highest BCUT2D eigenvalue weighted by Crippen LogP contribution is 2.31. The van der Waals surface area contributed by atoms with Gasteiger partial charge in [0.15, 0.2) is 11.5 Å². The van der Waals surface area contributed by atoms with E-state index in [9.17, 15) is 9.59 Å². The molecule has 0 saturated carbocycles. The molecule has 0 bridgehead atoms. The third-order valence-corrected chi connectivity index (χ3v) is 5.96. The van der Waals surface area contributed by atoms with Gasteiger partial charge in [0.25, 0.3) is 11.8 Å². The van der Waals surface area contributed by atoms with Gasteiger partial charge in [-0.1, -0.05) is 23.7 Å². The first-order valence-electron chi connectivity index (χ1n) is 10.2. The number of carbonyl (C=O) groups excluding carboxylic acids is 2. The maximum Gasteiger partial charge on any atom is 0.265 e. The zero-order valence-corrected chi connectivity index (χ0v) is 19.7. The lowest BCUT2D eigenvalue weighted by Crippen LogP contribution is -2.14. The molecule has 9 heteroatoms. The Hall–Kier alpha value is -3.88. The largest absolute Gasteiger partial charge is 0.493 e. The van der Waals surface area contributed by atoms with Gasteiger partial charge in [-0.25, -0.2) is 0 Å². The molecule has 0 fully saturated rings. The standard InChI is InChI=1S/C25H20ClN3O4S/c1-32-21-9-7-18(13-22(21)33-15-16-4-2-10-27-14-16)28-24(30)17-6-8-19(26)20(12-17)29-25(31)23-5-3-11-34-23/h2-14H,15H2,1H3,(H,28,30)(H,29,31). The second kappa shape index (κ2) is 10.8. The fourth-order valence-corrected chi connectivity index (χ4v) is 3.85. The Labute approximate surface area is 205 Å². The topological polar surface area (TPSA) is 89.6 Å². The summed E-state index contributed by atoms with van der Waals surface area (Å²) in [6.45, 7) is 0.298. The van der Waals surface area contributed by atoms with Crippen LogP contribution in [0.3, 0.4) is 0 Å². The number of hydrogen-bond donors (Lipinski definition) is 2. The van der Waals surface area contributed by atoms with Gasteiger partial charge in [-0.15, -0.1) is 11.3 Å². The predicted molar refractivity (Wildman–Crippen MR) is 133 cm³/mol. The lowest BCUT2D eigenvalue weighted by Gasteiger charge is -2.13. The first-order valence-corrected chi connectivity index (χ1v) is 11.4. The third kappa shape index (κ3) is 5.72. The van der Waals surface area contributed by atoms with E-state index in [0.717, 1.165) is 5.56 Å². The SMILES string of the molecule is COc1ccc(NC(=O)c2ccc(Cl)c(NC(=O)c3cccs3)c2)cc1OCc1cccnc1. The maximum absolute atomic E-state index is 12.9. The fraction of sp³-hybridized carbons (Fsp3) is 0.0800. The van der Waals surface area contributed by atoms with E-state index in [1.165, 1.54) is 17.4 Å². The Morgan fingerprint density at radius 3 is 2.62 bits per heavy atom. The summed E-state index contributed by atoms with van der Waals surface area (Å²) in [5, 5.41) is 7.72. The minimum atomic E-state index is -0.369. The highest BCUT2D eigenvalue weighted by atomic mass is 35.5.